The summed E-state index contributed by atoms with van der Waals surface area (Å²) in [6.45, 7) is 6.53. The van der Waals surface area contributed by atoms with E-state index in [9.17, 15) is 4.79 Å². The smallest absolute Gasteiger partial charge is 0.227 e. The van der Waals surface area contributed by atoms with E-state index < -0.39 is 0 Å². The zero-order valence-corrected chi connectivity index (χ0v) is 24.1. The maximum Gasteiger partial charge on any atom is 0.227 e. The Balaban J connectivity index is 1.51. The Morgan fingerprint density at radius 2 is 1.79 bits per heavy atom. The van der Waals surface area contributed by atoms with E-state index in [0.29, 0.717) is 49.1 Å². The van der Waals surface area contributed by atoms with E-state index in [1.807, 2.05) is 36.2 Å². The van der Waals surface area contributed by atoms with Gasteiger partial charge in [-0.25, -0.2) is 0 Å². The molecule has 1 heterocycles. The number of hydrogen-bond donors (Lipinski definition) is 1. The van der Waals surface area contributed by atoms with E-state index in [4.69, 9.17) is 37.4 Å². The predicted octanol–water partition coefficient (Wildman–Crippen LogP) is 4.47. The van der Waals surface area contributed by atoms with Gasteiger partial charge in [0.1, 0.15) is 0 Å². The highest BCUT2D eigenvalue weighted by Gasteiger charge is 2.30. The summed E-state index contributed by atoms with van der Waals surface area (Å²) in [6.07, 6.45) is 2.58. The van der Waals surface area contributed by atoms with Crippen molar-refractivity contribution >= 4 is 29.1 Å². The van der Waals surface area contributed by atoms with Crippen LogP contribution in [0.4, 0.5) is 0 Å². The number of amides is 1. The summed E-state index contributed by atoms with van der Waals surface area (Å²) in [5.74, 6) is 0.0504. The molecule has 7 nitrogen and oxygen atoms in total. The van der Waals surface area contributed by atoms with Gasteiger partial charge in [-0.1, -0.05) is 59.6 Å². The quantitative estimate of drug-likeness (QED) is 0.285. The lowest BCUT2D eigenvalue weighted by atomic mass is 10.0. The summed E-state index contributed by atoms with van der Waals surface area (Å²) in [7, 11) is 3.56. The minimum absolute atomic E-state index is 0.0477. The molecule has 2 aromatic rings. The maximum atomic E-state index is 13.3. The van der Waals surface area contributed by atoms with E-state index in [2.05, 4.69) is 22.3 Å². The van der Waals surface area contributed by atoms with Crippen LogP contribution in [0.1, 0.15) is 30.0 Å². The standard InChI is InChI=1S/C29H41Cl2N3O4/c1-33(29(35)20-23-10-11-26(30)27(31)19-23)28(24-7-4-3-5-8-24)22-34-13-6-9-25(34)21-32-12-14-37-17-18-38-16-15-36-2/h3-5,7-8,10-11,19,25,28,32H,6,9,12-18,20-22H2,1-2H3/t25-,28+/m0/s1. The minimum Gasteiger partial charge on any atom is -0.382 e. The zero-order valence-electron chi connectivity index (χ0n) is 22.5. The number of likely N-dealkylation sites (N-methyl/N-ethyl adjacent to an activating group) is 1. The van der Waals surface area contributed by atoms with Gasteiger partial charge in [-0.15, -0.1) is 0 Å². The first-order valence-corrected chi connectivity index (χ1v) is 14.1. The second-order valence-corrected chi connectivity index (χ2v) is 10.4. The Hall–Kier alpha value is -1.71. The molecule has 38 heavy (non-hydrogen) atoms. The number of likely N-dealkylation sites (tertiary alicyclic amines) is 1. The molecule has 3 rings (SSSR count). The lowest BCUT2D eigenvalue weighted by Crippen LogP contribution is -2.44. The summed E-state index contributed by atoms with van der Waals surface area (Å²) in [4.78, 5) is 17.7. The topological polar surface area (TPSA) is 63.3 Å². The predicted molar refractivity (Wildman–Crippen MR) is 153 cm³/mol. The van der Waals surface area contributed by atoms with Crippen molar-refractivity contribution in [2.45, 2.75) is 31.3 Å². The summed E-state index contributed by atoms with van der Waals surface area (Å²) in [5, 5.41) is 4.50. The Bertz CT molecular complexity index is 966. The van der Waals surface area contributed by atoms with E-state index in [-0.39, 0.29) is 18.4 Å². The second kappa shape index (κ2) is 17.1. The molecule has 2 aromatic carbocycles. The fraction of sp³-hybridized carbons (Fsp3) is 0.552. The summed E-state index contributed by atoms with van der Waals surface area (Å²) < 4.78 is 16.0. The molecule has 0 unspecified atom stereocenters. The van der Waals surface area contributed by atoms with Crippen molar-refractivity contribution < 1.29 is 19.0 Å². The van der Waals surface area contributed by atoms with Gasteiger partial charge in [0.15, 0.2) is 0 Å². The highest BCUT2D eigenvalue weighted by molar-refractivity contribution is 6.42. The van der Waals surface area contributed by atoms with E-state index in [1.54, 1.807) is 19.2 Å². The van der Waals surface area contributed by atoms with Crippen molar-refractivity contribution in [2.24, 2.45) is 0 Å². The van der Waals surface area contributed by atoms with Gasteiger partial charge in [-0.3, -0.25) is 9.69 Å². The van der Waals surface area contributed by atoms with Gasteiger partial charge in [0.05, 0.1) is 55.5 Å². The first-order chi connectivity index (χ1) is 18.5. The first-order valence-electron chi connectivity index (χ1n) is 13.3. The number of carbonyl (C=O) groups is 1. The summed E-state index contributed by atoms with van der Waals surface area (Å²) in [6, 6.07) is 16.0. The Labute approximate surface area is 237 Å². The number of nitrogens with one attached hydrogen (secondary N) is 1. The molecule has 0 saturated carbocycles. The number of rotatable bonds is 17. The molecular formula is C29H41Cl2N3O4. The number of hydrogen-bond acceptors (Lipinski definition) is 6. The van der Waals surface area contributed by atoms with Gasteiger partial charge < -0.3 is 24.4 Å². The van der Waals surface area contributed by atoms with Gasteiger partial charge >= 0.3 is 0 Å². The molecule has 0 aliphatic carbocycles. The molecule has 1 aliphatic rings. The number of nitrogens with zero attached hydrogens (tertiary/aromatic N) is 2. The van der Waals surface area contributed by atoms with Crippen LogP contribution in [-0.4, -0.2) is 95.1 Å². The van der Waals surface area contributed by atoms with Crippen molar-refractivity contribution in [2.75, 3.05) is 73.4 Å². The van der Waals surface area contributed by atoms with E-state index in [0.717, 1.165) is 50.1 Å². The van der Waals surface area contributed by atoms with Crippen LogP contribution in [0.15, 0.2) is 48.5 Å². The van der Waals surface area contributed by atoms with Gasteiger partial charge in [0, 0.05) is 39.8 Å². The average Bonchev–Trinajstić information content (AvgIpc) is 3.37. The van der Waals surface area contributed by atoms with Crippen molar-refractivity contribution in [3.05, 3.63) is 69.7 Å². The third-order valence-electron chi connectivity index (χ3n) is 6.90. The van der Waals surface area contributed by atoms with Crippen LogP contribution in [0.5, 0.6) is 0 Å². The second-order valence-electron chi connectivity index (χ2n) is 9.57. The van der Waals surface area contributed by atoms with Crippen molar-refractivity contribution in [1.29, 1.82) is 0 Å². The van der Waals surface area contributed by atoms with Crippen molar-refractivity contribution in [3.63, 3.8) is 0 Å². The summed E-state index contributed by atoms with van der Waals surface area (Å²) >= 11 is 12.2. The fourth-order valence-electron chi connectivity index (χ4n) is 4.72. The number of methoxy groups -OCH3 is 1. The number of halogens is 2. The molecule has 0 aromatic heterocycles. The number of ether oxygens (including phenoxy) is 3. The monoisotopic (exact) mass is 565 g/mol. The molecule has 210 valence electrons. The lowest BCUT2D eigenvalue weighted by Gasteiger charge is -2.35. The highest BCUT2D eigenvalue weighted by atomic mass is 35.5. The van der Waals surface area contributed by atoms with Crippen LogP contribution in [0.2, 0.25) is 10.0 Å². The van der Waals surface area contributed by atoms with Crippen molar-refractivity contribution in [3.8, 4) is 0 Å². The molecule has 1 aliphatic heterocycles. The molecule has 0 bridgehead atoms. The molecule has 1 saturated heterocycles. The molecule has 2 atom stereocenters. The van der Waals surface area contributed by atoms with Crippen LogP contribution < -0.4 is 5.32 Å². The fourth-order valence-corrected chi connectivity index (χ4v) is 5.04. The van der Waals surface area contributed by atoms with Gasteiger partial charge in [-0.2, -0.15) is 0 Å². The number of benzene rings is 2. The van der Waals surface area contributed by atoms with Crippen LogP contribution in [0.3, 0.4) is 0 Å². The van der Waals surface area contributed by atoms with E-state index >= 15 is 0 Å². The zero-order chi connectivity index (χ0) is 27.2. The first kappa shape index (κ1) is 30.8. The van der Waals surface area contributed by atoms with Crippen molar-refractivity contribution in [1.82, 2.24) is 15.1 Å². The van der Waals surface area contributed by atoms with Crippen LogP contribution in [-0.2, 0) is 25.4 Å². The Morgan fingerprint density at radius 3 is 2.53 bits per heavy atom. The van der Waals surface area contributed by atoms with Gasteiger partial charge in [0.25, 0.3) is 0 Å². The normalized spacial score (nSPS) is 16.6. The molecule has 9 heteroatoms. The van der Waals surface area contributed by atoms with E-state index in [1.165, 1.54) is 0 Å². The molecule has 0 radical (unpaired) electrons. The maximum absolute atomic E-state index is 13.3. The Kier molecular flexibility index (Phi) is 13.9. The third kappa shape index (κ3) is 10.1. The Morgan fingerprint density at radius 1 is 1.05 bits per heavy atom. The molecule has 1 fully saturated rings. The summed E-state index contributed by atoms with van der Waals surface area (Å²) in [5.41, 5.74) is 1.99. The third-order valence-corrected chi connectivity index (χ3v) is 7.64. The SMILES string of the molecule is COCCOCCOCCNC[C@@H]1CCCN1C[C@H](c1ccccc1)N(C)C(=O)Cc1ccc(Cl)c(Cl)c1. The lowest BCUT2D eigenvalue weighted by molar-refractivity contribution is -0.131. The average molecular weight is 567 g/mol. The molecule has 1 N–H and O–H groups in total. The molecule has 0 spiro atoms. The molecular weight excluding hydrogens is 525 g/mol. The number of carbonyl (C=O) groups excluding carboxylic acids is 1. The van der Waals surface area contributed by atoms with Crippen LogP contribution in [0.25, 0.3) is 0 Å². The minimum atomic E-state index is -0.0477. The molecule has 1 amide bonds. The van der Waals surface area contributed by atoms with Crippen LogP contribution in [0, 0.1) is 0 Å². The van der Waals surface area contributed by atoms with Gasteiger partial charge in [-0.05, 0) is 42.6 Å². The van der Waals surface area contributed by atoms with Crippen LogP contribution >= 0.6 is 23.2 Å². The highest BCUT2D eigenvalue weighted by Crippen LogP contribution is 2.27. The van der Waals surface area contributed by atoms with Gasteiger partial charge in [0.2, 0.25) is 5.91 Å². The largest absolute Gasteiger partial charge is 0.382 e.